The molecule has 2 fully saturated rings. The number of aryl methyl sites for hydroxylation is 1. The minimum atomic E-state index is -3.16. The van der Waals surface area contributed by atoms with Crippen LogP contribution in [0.25, 0.3) is 0 Å². The van der Waals surface area contributed by atoms with Crippen LogP contribution in [0.4, 0.5) is 0 Å². The van der Waals surface area contributed by atoms with E-state index in [0.29, 0.717) is 25.3 Å². The fourth-order valence-corrected chi connectivity index (χ4v) is 5.87. The van der Waals surface area contributed by atoms with Gasteiger partial charge in [0.25, 0.3) is 5.91 Å². The van der Waals surface area contributed by atoms with Gasteiger partial charge in [0.15, 0.2) is 9.84 Å². The number of aromatic nitrogens is 1. The first kappa shape index (κ1) is 16.4. The van der Waals surface area contributed by atoms with E-state index in [2.05, 4.69) is 9.88 Å². The number of hydrogen-bond donors (Lipinski definition) is 1. The molecule has 4 rings (SSSR count). The van der Waals surface area contributed by atoms with Crippen LogP contribution in [-0.4, -0.2) is 65.8 Å². The largest absolute Gasteiger partial charge is 0.465 e. The number of H-pyrrole nitrogens is 1. The van der Waals surface area contributed by atoms with Gasteiger partial charge in [-0.2, -0.15) is 0 Å². The zero-order valence-corrected chi connectivity index (χ0v) is 14.8. The molecular formula is C17H21N3O4S. The number of piperazine rings is 1. The molecule has 2 atom stereocenters. The van der Waals surface area contributed by atoms with Crippen LogP contribution in [0, 0.1) is 6.92 Å². The normalized spacial score (nSPS) is 25.9. The Morgan fingerprint density at radius 2 is 2.04 bits per heavy atom. The Morgan fingerprint density at radius 1 is 1.24 bits per heavy atom. The molecule has 134 valence electrons. The summed E-state index contributed by atoms with van der Waals surface area (Å²) in [7, 11) is -3.16. The number of nitrogens with zero attached hydrogens (tertiary/aromatic N) is 2. The average Bonchev–Trinajstić information content (AvgIpc) is 3.26. The quantitative estimate of drug-likeness (QED) is 0.880. The summed E-state index contributed by atoms with van der Waals surface area (Å²) in [6.45, 7) is 3.59. The third-order valence-electron chi connectivity index (χ3n) is 5.04. The number of aromatic amines is 1. The number of furan rings is 1. The van der Waals surface area contributed by atoms with Crippen molar-refractivity contribution >= 4 is 15.7 Å². The number of nitrogens with one attached hydrogen (secondary N) is 1. The van der Waals surface area contributed by atoms with Crippen molar-refractivity contribution in [2.45, 2.75) is 25.6 Å². The van der Waals surface area contributed by atoms with E-state index in [-0.39, 0.29) is 29.5 Å². The van der Waals surface area contributed by atoms with Crippen molar-refractivity contribution in [1.29, 1.82) is 0 Å². The van der Waals surface area contributed by atoms with Gasteiger partial charge in [-0.05, 0) is 31.2 Å². The van der Waals surface area contributed by atoms with E-state index >= 15 is 0 Å². The van der Waals surface area contributed by atoms with Crippen LogP contribution in [0.5, 0.6) is 0 Å². The number of fused-ring (bicyclic) bond motifs is 1. The predicted octanol–water partition coefficient (Wildman–Crippen LogP) is 1.04. The second-order valence-corrected chi connectivity index (χ2v) is 8.93. The molecule has 2 aliphatic heterocycles. The Balaban J connectivity index is 1.58. The van der Waals surface area contributed by atoms with Gasteiger partial charge in [-0.15, -0.1) is 0 Å². The number of rotatable bonds is 3. The minimum Gasteiger partial charge on any atom is -0.465 e. The zero-order chi connectivity index (χ0) is 17.6. The first-order valence-electron chi connectivity index (χ1n) is 8.37. The van der Waals surface area contributed by atoms with E-state index in [1.165, 1.54) is 0 Å². The SMILES string of the molecule is Cc1ccc(CN2CCN(C(=O)c3ccc[nH]3)[C@H]3CS(=O)(=O)C[C@H]32)o1. The third kappa shape index (κ3) is 3.11. The number of hydrogen-bond acceptors (Lipinski definition) is 5. The molecule has 0 aromatic carbocycles. The lowest BCUT2D eigenvalue weighted by atomic mass is 10.0. The summed E-state index contributed by atoms with van der Waals surface area (Å²) in [4.78, 5) is 19.5. The second kappa shape index (κ2) is 6.03. The number of carbonyl (C=O) groups excluding carboxylic acids is 1. The number of sulfone groups is 1. The Morgan fingerprint density at radius 3 is 2.72 bits per heavy atom. The van der Waals surface area contributed by atoms with Crippen LogP contribution in [0.2, 0.25) is 0 Å². The standard InChI is InChI=1S/C17H21N3O4S/c1-12-4-5-13(24-12)9-19-7-8-20(17(21)14-3-2-6-18-14)16-11-25(22,23)10-15(16)19/h2-6,15-16,18H,7-11H2,1H3/t15-,16+/m1/s1. The van der Waals surface area contributed by atoms with Gasteiger partial charge in [0.2, 0.25) is 0 Å². The highest BCUT2D eigenvalue weighted by Gasteiger charge is 2.48. The van der Waals surface area contributed by atoms with Gasteiger partial charge >= 0.3 is 0 Å². The van der Waals surface area contributed by atoms with Crippen molar-refractivity contribution < 1.29 is 17.6 Å². The van der Waals surface area contributed by atoms with E-state index in [9.17, 15) is 13.2 Å². The van der Waals surface area contributed by atoms with Crippen LogP contribution >= 0.6 is 0 Å². The number of carbonyl (C=O) groups is 1. The highest BCUT2D eigenvalue weighted by molar-refractivity contribution is 7.91. The molecular weight excluding hydrogens is 342 g/mol. The van der Waals surface area contributed by atoms with Crippen LogP contribution < -0.4 is 0 Å². The highest BCUT2D eigenvalue weighted by Crippen LogP contribution is 2.29. The predicted molar refractivity (Wildman–Crippen MR) is 91.9 cm³/mol. The van der Waals surface area contributed by atoms with E-state index < -0.39 is 9.84 Å². The van der Waals surface area contributed by atoms with Gasteiger partial charge in [0, 0.05) is 25.3 Å². The van der Waals surface area contributed by atoms with E-state index in [4.69, 9.17) is 4.42 Å². The van der Waals surface area contributed by atoms with E-state index in [1.54, 1.807) is 23.2 Å². The molecule has 2 aromatic rings. The third-order valence-corrected chi connectivity index (χ3v) is 6.73. The van der Waals surface area contributed by atoms with Crippen molar-refractivity contribution in [1.82, 2.24) is 14.8 Å². The van der Waals surface area contributed by atoms with Gasteiger partial charge in [-0.1, -0.05) is 0 Å². The topological polar surface area (TPSA) is 86.6 Å². The Labute approximate surface area is 146 Å². The molecule has 0 spiro atoms. The summed E-state index contributed by atoms with van der Waals surface area (Å²) in [5.41, 5.74) is 0.498. The molecule has 0 unspecified atom stereocenters. The Hall–Kier alpha value is -2.06. The zero-order valence-electron chi connectivity index (χ0n) is 14.0. The molecule has 0 aliphatic carbocycles. The number of amides is 1. The molecule has 8 heteroatoms. The lowest BCUT2D eigenvalue weighted by molar-refractivity contribution is 0.0281. The van der Waals surface area contributed by atoms with Crippen LogP contribution in [0.15, 0.2) is 34.9 Å². The van der Waals surface area contributed by atoms with Crippen molar-refractivity contribution in [3.8, 4) is 0 Å². The van der Waals surface area contributed by atoms with Gasteiger partial charge in [0.05, 0.1) is 24.1 Å². The maximum atomic E-state index is 12.7. The van der Waals surface area contributed by atoms with E-state index in [1.807, 2.05) is 19.1 Å². The lowest BCUT2D eigenvalue weighted by Crippen LogP contribution is -2.60. The fourth-order valence-electron chi connectivity index (χ4n) is 3.86. The molecule has 2 saturated heterocycles. The smallest absolute Gasteiger partial charge is 0.270 e. The maximum absolute atomic E-state index is 12.7. The van der Waals surface area contributed by atoms with Gasteiger partial charge in [-0.3, -0.25) is 9.69 Å². The Kier molecular flexibility index (Phi) is 3.96. The van der Waals surface area contributed by atoms with Crippen molar-refractivity contribution in [3.63, 3.8) is 0 Å². The van der Waals surface area contributed by atoms with Crippen molar-refractivity contribution in [2.24, 2.45) is 0 Å². The molecule has 7 nitrogen and oxygen atoms in total. The summed E-state index contributed by atoms with van der Waals surface area (Å²) in [5, 5.41) is 0. The molecule has 4 heterocycles. The maximum Gasteiger partial charge on any atom is 0.270 e. The first-order valence-corrected chi connectivity index (χ1v) is 10.2. The van der Waals surface area contributed by atoms with Gasteiger partial charge < -0.3 is 14.3 Å². The summed E-state index contributed by atoms with van der Waals surface area (Å²) >= 11 is 0. The average molecular weight is 363 g/mol. The highest BCUT2D eigenvalue weighted by atomic mass is 32.2. The van der Waals surface area contributed by atoms with Crippen molar-refractivity contribution in [2.75, 3.05) is 24.6 Å². The van der Waals surface area contributed by atoms with Crippen LogP contribution in [0.1, 0.15) is 22.0 Å². The molecule has 0 radical (unpaired) electrons. The fraction of sp³-hybridized carbons (Fsp3) is 0.471. The first-order chi connectivity index (χ1) is 11.9. The molecule has 0 saturated carbocycles. The molecule has 2 aliphatic rings. The lowest BCUT2D eigenvalue weighted by Gasteiger charge is -2.43. The molecule has 2 aromatic heterocycles. The van der Waals surface area contributed by atoms with Gasteiger partial charge in [-0.25, -0.2) is 8.42 Å². The molecule has 1 N–H and O–H groups in total. The summed E-state index contributed by atoms with van der Waals surface area (Å²) < 4.78 is 30.2. The Bertz CT molecular complexity index is 872. The second-order valence-electron chi connectivity index (χ2n) is 6.78. The minimum absolute atomic E-state index is 0.0256. The summed E-state index contributed by atoms with van der Waals surface area (Å²) in [5.74, 6) is 1.64. The summed E-state index contributed by atoms with van der Waals surface area (Å²) in [6.07, 6.45) is 1.70. The summed E-state index contributed by atoms with van der Waals surface area (Å²) in [6, 6.07) is 6.81. The van der Waals surface area contributed by atoms with E-state index in [0.717, 1.165) is 11.5 Å². The van der Waals surface area contributed by atoms with Crippen molar-refractivity contribution in [3.05, 3.63) is 47.7 Å². The van der Waals surface area contributed by atoms with Gasteiger partial charge in [0.1, 0.15) is 17.2 Å². The monoisotopic (exact) mass is 363 g/mol. The van der Waals surface area contributed by atoms with Crippen LogP contribution in [-0.2, 0) is 16.4 Å². The van der Waals surface area contributed by atoms with Crippen LogP contribution in [0.3, 0.4) is 0 Å². The molecule has 25 heavy (non-hydrogen) atoms. The molecule has 0 bridgehead atoms. The molecule has 1 amide bonds.